The van der Waals surface area contributed by atoms with Gasteiger partial charge < -0.3 is 46.0 Å². The normalized spacial score (nSPS) is 13.1. The molecule has 6 unspecified atom stereocenters. The SMILES string of the molecule is CCCCN(CC(O)C(Cc1ccccc1)NC(=O)c1cc(C(=O)N(CCC)CCC)cc(S(=O)(=O)N(C)C)c1)NC(=O)C(C)C.CCCN(CC(O)C(Cc1ccccc1)NC(=O)c1cc(C(=O)N(CCC)CCC)cc(S(=O)(=O)N(C)C)c1)NC(=O)C(C)C.CCCN(CCC)C(=O)c1cc(C(=O)NC(Cc2ccccc2)C(O)CN(C)NC(=O)CC(C)C)cc(S(=O)(=O)N(C)C)c1. The summed E-state index contributed by atoms with van der Waals surface area (Å²) in [6.45, 7) is 30.8. The number of nitrogens with zero attached hydrogens (tertiary/aromatic N) is 9. The minimum atomic E-state index is -3.99. The number of likely N-dealkylation sites (N-methyl/N-ethyl adjacent to an activating group) is 1. The molecule has 0 spiro atoms. The number of hydrogen-bond donors (Lipinski definition) is 9. The van der Waals surface area contributed by atoms with Crippen LogP contribution < -0.4 is 32.2 Å². The van der Waals surface area contributed by atoms with E-state index < -0.39 is 84.2 Å². The third-order valence-corrected chi connectivity index (χ3v) is 27.1. The molecule has 33 nitrogen and oxygen atoms in total. The molecule has 6 aromatic rings. The molecule has 0 radical (unpaired) electrons. The minimum absolute atomic E-state index is 0.0135. The second-order valence-corrected chi connectivity index (χ2v) is 42.0. The van der Waals surface area contributed by atoms with E-state index in [0.717, 1.165) is 87.4 Å². The highest BCUT2D eigenvalue weighted by molar-refractivity contribution is 7.89. The molecule has 6 aromatic carbocycles. The molecule has 135 heavy (non-hydrogen) atoms. The van der Waals surface area contributed by atoms with Crippen LogP contribution in [0.4, 0.5) is 0 Å². The highest BCUT2D eigenvalue weighted by Gasteiger charge is 2.34. The summed E-state index contributed by atoms with van der Waals surface area (Å²) in [6.07, 6.45) is 4.55. The molecule has 0 heterocycles. The fourth-order valence-electron chi connectivity index (χ4n) is 14.3. The Morgan fingerprint density at radius 2 is 0.585 bits per heavy atom. The van der Waals surface area contributed by atoms with Gasteiger partial charge in [-0.2, -0.15) is 0 Å². The van der Waals surface area contributed by atoms with Gasteiger partial charge in [-0.1, -0.05) is 194 Å². The van der Waals surface area contributed by atoms with Gasteiger partial charge in [-0.05, 0) is 148 Å². The zero-order valence-electron chi connectivity index (χ0n) is 83.2. The first-order valence-corrected chi connectivity index (χ1v) is 51.3. The van der Waals surface area contributed by atoms with Gasteiger partial charge in [0.05, 0.1) is 51.1 Å². The zero-order valence-corrected chi connectivity index (χ0v) is 85.7. The molecule has 0 bridgehead atoms. The summed E-state index contributed by atoms with van der Waals surface area (Å²) in [4.78, 5) is 124. The Labute approximate surface area is 803 Å². The van der Waals surface area contributed by atoms with E-state index in [0.29, 0.717) is 58.8 Å². The standard InChI is InChI=1S/C34H53N5O6S.C33H51N5O6S.C32H49N5O6S/c1-8-11-19-39(36-32(41)25(4)5)24-31(40)30(20-26-15-13-12-14-16-26)35-33(42)27-21-28(34(43)38(17-9-2)18-10-3)23-29(22-27)46(44,45)37(6)7;1-8-16-37(17-9-2)33(42)27-20-26(21-28(22-27)45(43,44)36(6)7)32(41)34-29(19-25-14-12-11-13-15-25)30(39)23-38(18-10-3)35-31(40)24(4)5;1-8-15-37(16-9-2)32(41)26-19-25(20-27(21-26)44(42,43)35(5)6)31(40)33-28(18-24-13-11-10-12-14-24)29(38)22-36(7)34-30(39)17-23(3)4/h12-16,21-23,25,30-31,40H,8-11,17-20,24H2,1-7H3,(H,35,42)(H,36,41);11-15,20-22,24,29-30,39H,8-10,16-19,23H2,1-7H3,(H,34,41)(H,35,40);10-14,19-21,23,28-29,38H,8-9,15-18,22H2,1-7H3,(H,33,40)(H,34,39). The van der Waals surface area contributed by atoms with Gasteiger partial charge in [0.2, 0.25) is 47.8 Å². The van der Waals surface area contributed by atoms with E-state index in [1.165, 1.54) is 102 Å². The van der Waals surface area contributed by atoms with Gasteiger partial charge in [0.15, 0.2) is 0 Å². The Bertz CT molecular complexity index is 5080. The molecular weight excluding hydrogens is 1780 g/mol. The molecule has 0 saturated heterocycles. The van der Waals surface area contributed by atoms with Crippen molar-refractivity contribution in [2.24, 2.45) is 17.8 Å². The second kappa shape index (κ2) is 58.6. The molecule has 9 amide bonds. The number of aliphatic hydroxyl groups is 3. The molecule has 0 aromatic heterocycles. The molecule has 36 heteroatoms. The van der Waals surface area contributed by atoms with Crippen LogP contribution in [0.25, 0.3) is 0 Å². The summed E-state index contributed by atoms with van der Waals surface area (Å²) < 4.78 is 82.2. The van der Waals surface area contributed by atoms with E-state index in [1.54, 1.807) is 59.5 Å². The molecule has 0 aliphatic carbocycles. The summed E-state index contributed by atoms with van der Waals surface area (Å²) >= 11 is 0. The van der Waals surface area contributed by atoms with Gasteiger partial charge >= 0.3 is 0 Å². The lowest BCUT2D eigenvalue weighted by molar-refractivity contribution is -0.130. The predicted molar refractivity (Wildman–Crippen MR) is 528 cm³/mol. The van der Waals surface area contributed by atoms with Gasteiger partial charge in [-0.25, -0.2) is 53.2 Å². The Hall–Kier alpha value is -9.96. The Morgan fingerprint density at radius 1 is 0.326 bits per heavy atom. The number of benzene rings is 6. The van der Waals surface area contributed by atoms with Crippen molar-refractivity contribution in [3.05, 3.63) is 196 Å². The van der Waals surface area contributed by atoms with E-state index in [2.05, 4.69) is 32.2 Å². The third kappa shape index (κ3) is 38.5. The molecule has 750 valence electrons. The number of carbonyl (C=O) groups excluding carboxylic acids is 9. The van der Waals surface area contributed by atoms with Crippen molar-refractivity contribution in [1.29, 1.82) is 0 Å². The monoisotopic (exact) mass is 1940 g/mol. The van der Waals surface area contributed by atoms with Gasteiger partial charge in [0.25, 0.3) is 35.4 Å². The fraction of sp³-hybridized carbons (Fsp3) is 0.545. The first-order valence-electron chi connectivity index (χ1n) is 47.0. The van der Waals surface area contributed by atoms with Crippen LogP contribution in [0.2, 0.25) is 0 Å². The summed E-state index contributed by atoms with van der Waals surface area (Å²) in [5.41, 5.74) is 11.3. The smallest absolute Gasteiger partial charge is 0.253 e. The van der Waals surface area contributed by atoms with Crippen molar-refractivity contribution in [3.8, 4) is 0 Å². The number of nitrogens with one attached hydrogen (secondary N) is 6. The quantitative estimate of drug-likeness (QED) is 0.0160. The lowest BCUT2D eigenvalue weighted by Crippen LogP contribution is -2.54. The molecule has 6 rings (SSSR count). The Morgan fingerprint density at radius 3 is 0.830 bits per heavy atom. The number of sulfonamides is 3. The lowest BCUT2D eigenvalue weighted by atomic mass is 10.00. The van der Waals surface area contributed by atoms with Crippen LogP contribution in [0.3, 0.4) is 0 Å². The summed E-state index contributed by atoms with van der Waals surface area (Å²) in [6, 6.07) is 37.5. The van der Waals surface area contributed by atoms with Crippen LogP contribution in [0, 0.1) is 17.8 Å². The van der Waals surface area contributed by atoms with Gasteiger partial charge in [0, 0.05) is 173 Å². The second-order valence-electron chi connectivity index (χ2n) is 35.5. The molecule has 0 fully saturated rings. The van der Waals surface area contributed by atoms with Crippen molar-refractivity contribution in [2.45, 2.75) is 232 Å². The summed E-state index contributed by atoms with van der Waals surface area (Å²) in [5, 5.41) is 47.7. The van der Waals surface area contributed by atoms with Crippen molar-refractivity contribution in [1.82, 2.24) is 74.9 Å². The number of aliphatic hydroxyl groups excluding tert-OH is 3. The third-order valence-electron chi connectivity index (χ3n) is 21.7. The van der Waals surface area contributed by atoms with Crippen LogP contribution >= 0.6 is 0 Å². The van der Waals surface area contributed by atoms with Gasteiger partial charge in [-0.3, -0.25) is 59.4 Å². The largest absolute Gasteiger partial charge is 0.390 e. The average Bonchev–Trinajstić information content (AvgIpc) is 0.796. The Kier molecular flexibility index (Phi) is 50.9. The van der Waals surface area contributed by atoms with E-state index >= 15 is 0 Å². The lowest BCUT2D eigenvalue weighted by Gasteiger charge is -2.31. The van der Waals surface area contributed by atoms with E-state index in [-0.39, 0.29) is 140 Å². The molecule has 9 N–H and O–H groups in total. The maximum absolute atomic E-state index is 13.9. The highest BCUT2D eigenvalue weighted by atomic mass is 32.2. The summed E-state index contributed by atoms with van der Waals surface area (Å²) in [5.74, 6) is -3.88. The molecular formula is C99H153N15O18S3. The van der Waals surface area contributed by atoms with Crippen molar-refractivity contribution >= 4 is 83.2 Å². The number of carbonyl (C=O) groups is 9. The van der Waals surface area contributed by atoms with E-state index in [1.807, 2.05) is 160 Å². The molecule has 0 aliphatic heterocycles. The van der Waals surface area contributed by atoms with E-state index in [4.69, 9.17) is 0 Å². The zero-order chi connectivity index (χ0) is 101. The van der Waals surface area contributed by atoms with Gasteiger partial charge in [-0.15, -0.1) is 0 Å². The van der Waals surface area contributed by atoms with E-state index in [9.17, 15) is 83.7 Å². The van der Waals surface area contributed by atoms with Crippen molar-refractivity contribution in [3.63, 3.8) is 0 Å². The molecule has 0 saturated carbocycles. The first-order chi connectivity index (χ1) is 63.7. The fourth-order valence-corrected chi connectivity index (χ4v) is 17.2. The highest BCUT2D eigenvalue weighted by Crippen LogP contribution is 2.26. The molecule has 6 atom stereocenters. The summed E-state index contributed by atoms with van der Waals surface area (Å²) in [7, 11) is -2.02. The van der Waals surface area contributed by atoms with Crippen molar-refractivity contribution in [2.75, 3.05) is 121 Å². The topological polar surface area (TPSA) is 418 Å². The van der Waals surface area contributed by atoms with Crippen molar-refractivity contribution < 1.29 is 83.7 Å². The maximum atomic E-state index is 13.9. The maximum Gasteiger partial charge on any atom is 0.253 e. The van der Waals surface area contributed by atoms with Crippen LogP contribution in [-0.2, 0) is 63.7 Å². The number of hydrazine groups is 3. The number of amides is 9. The Balaban J connectivity index is 0.000000423. The average molecular weight is 1940 g/mol. The van der Waals surface area contributed by atoms with Crippen LogP contribution in [-0.4, -0.2) is 294 Å². The number of rotatable bonds is 54. The first kappa shape index (κ1) is 117. The van der Waals surface area contributed by atoms with Crippen LogP contribution in [0.1, 0.15) is 240 Å². The van der Waals surface area contributed by atoms with Crippen LogP contribution in [0.5, 0.6) is 0 Å². The number of unbranched alkanes of at least 4 members (excludes halogenated alkanes) is 1. The predicted octanol–water partition coefficient (Wildman–Crippen LogP) is 9.90. The van der Waals surface area contributed by atoms with Crippen LogP contribution in [0.15, 0.2) is 160 Å². The number of hydrogen-bond acceptors (Lipinski definition) is 21. The minimum Gasteiger partial charge on any atom is -0.390 e. The molecule has 0 aliphatic rings. The van der Waals surface area contributed by atoms with Gasteiger partial charge in [0.1, 0.15) is 0 Å².